The Hall–Kier alpha value is -1.61. The molecule has 0 unspecified atom stereocenters. The molecule has 0 bridgehead atoms. The molecule has 2 heterocycles. The molecule has 1 amide bonds. The van der Waals surface area contributed by atoms with Crippen LogP contribution in [0.15, 0.2) is 30.5 Å². The van der Waals surface area contributed by atoms with Gasteiger partial charge in [0.25, 0.3) is 5.91 Å². The van der Waals surface area contributed by atoms with Crippen molar-refractivity contribution >= 4 is 28.4 Å². The normalized spacial score (nSPS) is 14.8. The Morgan fingerprint density at radius 1 is 1.29 bits per heavy atom. The summed E-state index contributed by atoms with van der Waals surface area (Å²) in [5.41, 5.74) is 1.22. The molecule has 86 valence electrons. The first kappa shape index (κ1) is 10.5. The predicted molar refractivity (Wildman–Crippen MR) is 67.3 cm³/mol. The van der Waals surface area contributed by atoms with E-state index in [1.54, 1.807) is 17.2 Å². The van der Waals surface area contributed by atoms with Gasteiger partial charge in [-0.25, -0.2) is 0 Å². The number of amides is 1. The highest BCUT2D eigenvalue weighted by Gasteiger charge is 2.25. The van der Waals surface area contributed by atoms with Gasteiger partial charge in [-0.3, -0.25) is 9.78 Å². The van der Waals surface area contributed by atoms with Gasteiger partial charge in [0.15, 0.2) is 0 Å². The molecule has 3 rings (SSSR count). The Bertz CT molecular complexity index is 593. The van der Waals surface area contributed by atoms with E-state index in [4.69, 9.17) is 11.6 Å². The average Bonchev–Trinajstić information content (AvgIpc) is 2.26. The summed E-state index contributed by atoms with van der Waals surface area (Å²) in [4.78, 5) is 18.3. The fourth-order valence-corrected chi connectivity index (χ4v) is 2.23. The minimum atomic E-state index is -0.00875. The van der Waals surface area contributed by atoms with Crippen LogP contribution in [-0.4, -0.2) is 28.9 Å². The van der Waals surface area contributed by atoms with Crippen LogP contribution >= 0.6 is 11.6 Å². The maximum absolute atomic E-state index is 12.3. The largest absolute Gasteiger partial charge is 0.338 e. The molecule has 17 heavy (non-hydrogen) atoms. The molecule has 0 atom stereocenters. The van der Waals surface area contributed by atoms with Crippen molar-refractivity contribution in [1.29, 1.82) is 0 Å². The number of hydrogen-bond acceptors (Lipinski definition) is 2. The van der Waals surface area contributed by atoms with Crippen LogP contribution in [0.25, 0.3) is 10.9 Å². The first-order valence-corrected chi connectivity index (χ1v) is 5.97. The second kappa shape index (κ2) is 4.00. The second-order valence-corrected chi connectivity index (χ2v) is 4.55. The highest BCUT2D eigenvalue weighted by molar-refractivity contribution is 6.35. The number of nitrogens with zero attached hydrogens (tertiary/aromatic N) is 2. The molecule has 1 aromatic carbocycles. The first-order chi connectivity index (χ1) is 8.27. The van der Waals surface area contributed by atoms with E-state index in [-0.39, 0.29) is 5.91 Å². The minimum absolute atomic E-state index is 0.00875. The second-order valence-electron chi connectivity index (χ2n) is 4.14. The number of hydrogen-bond donors (Lipinski definition) is 0. The van der Waals surface area contributed by atoms with Crippen LogP contribution in [0.4, 0.5) is 0 Å². The summed E-state index contributed by atoms with van der Waals surface area (Å²) in [7, 11) is 0. The summed E-state index contributed by atoms with van der Waals surface area (Å²) in [6, 6.07) is 7.44. The first-order valence-electron chi connectivity index (χ1n) is 5.60. The van der Waals surface area contributed by atoms with E-state index in [0.717, 1.165) is 24.9 Å². The quantitative estimate of drug-likeness (QED) is 0.775. The lowest BCUT2D eigenvalue weighted by molar-refractivity contribution is 0.0654. The van der Waals surface area contributed by atoms with Gasteiger partial charge in [-0.15, -0.1) is 0 Å². The van der Waals surface area contributed by atoms with E-state index in [0.29, 0.717) is 16.1 Å². The Labute approximate surface area is 104 Å². The van der Waals surface area contributed by atoms with Gasteiger partial charge >= 0.3 is 0 Å². The lowest BCUT2D eigenvalue weighted by Crippen LogP contribution is -2.42. The zero-order chi connectivity index (χ0) is 11.8. The highest BCUT2D eigenvalue weighted by Crippen LogP contribution is 2.27. The monoisotopic (exact) mass is 246 g/mol. The molecule has 1 fully saturated rings. The van der Waals surface area contributed by atoms with Gasteiger partial charge < -0.3 is 4.90 Å². The molecule has 2 aromatic rings. The van der Waals surface area contributed by atoms with Crippen molar-refractivity contribution < 1.29 is 4.79 Å². The van der Waals surface area contributed by atoms with Crippen LogP contribution in [-0.2, 0) is 0 Å². The van der Waals surface area contributed by atoms with Gasteiger partial charge in [-0.2, -0.15) is 0 Å². The number of benzene rings is 1. The Kier molecular flexibility index (Phi) is 2.48. The summed E-state index contributed by atoms with van der Waals surface area (Å²) in [5, 5.41) is 1.42. The smallest absolute Gasteiger partial charge is 0.257 e. The molecular formula is C13H11ClN2O. The topological polar surface area (TPSA) is 33.2 Å². The molecule has 3 nitrogen and oxygen atoms in total. The molecule has 1 aliphatic heterocycles. The zero-order valence-corrected chi connectivity index (χ0v) is 9.94. The summed E-state index contributed by atoms with van der Waals surface area (Å²) < 4.78 is 0. The Morgan fingerprint density at radius 3 is 2.82 bits per heavy atom. The van der Waals surface area contributed by atoms with Crippen molar-refractivity contribution in [2.24, 2.45) is 0 Å². The van der Waals surface area contributed by atoms with Crippen molar-refractivity contribution in [2.45, 2.75) is 6.42 Å². The molecule has 1 saturated heterocycles. The number of halogens is 1. The third-order valence-corrected chi connectivity index (χ3v) is 3.40. The van der Waals surface area contributed by atoms with Gasteiger partial charge in [0.2, 0.25) is 0 Å². The van der Waals surface area contributed by atoms with Crippen LogP contribution in [0.3, 0.4) is 0 Å². The van der Waals surface area contributed by atoms with Crippen molar-refractivity contribution in [1.82, 2.24) is 9.88 Å². The molecular weight excluding hydrogens is 236 g/mol. The fourth-order valence-electron chi connectivity index (χ4n) is 2.00. The van der Waals surface area contributed by atoms with Crippen molar-refractivity contribution in [2.75, 3.05) is 13.1 Å². The number of aromatic nitrogens is 1. The van der Waals surface area contributed by atoms with E-state index >= 15 is 0 Å². The molecule has 4 heteroatoms. The van der Waals surface area contributed by atoms with Crippen LogP contribution in [0.2, 0.25) is 5.02 Å². The number of pyridine rings is 1. The molecule has 0 spiro atoms. The SMILES string of the molecule is O=C(c1c(Cl)ccc2cccnc12)N1CCC1. The number of carbonyl (C=O) groups excluding carboxylic acids is 1. The van der Waals surface area contributed by atoms with Crippen molar-refractivity contribution in [3.63, 3.8) is 0 Å². The van der Waals surface area contributed by atoms with E-state index in [1.165, 1.54) is 0 Å². The van der Waals surface area contributed by atoms with Crippen LogP contribution in [0, 0.1) is 0 Å². The van der Waals surface area contributed by atoms with E-state index < -0.39 is 0 Å². The molecule has 0 radical (unpaired) electrons. The van der Waals surface area contributed by atoms with Gasteiger partial charge in [-0.1, -0.05) is 23.7 Å². The molecule has 1 aliphatic rings. The number of carbonyl (C=O) groups is 1. The molecule has 1 aromatic heterocycles. The molecule has 0 aliphatic carbocycles. The zero-order valence-electron chi connectivity index (χ0n) is 9.19. The number of rotatable bonds is 1. The van der Waals surface area contributed by atoms with Gasteiger partial charge in [0, 0.05) is 24.7 Å². The fraction of sp³-hybridized carbons (Fsp3) is 0.231. The minimum Gasteiger partial charge on any atom is -0.338 e. The molecule has 0 saturated carbocycles. The summed E-state index contributed by atoms with van der Waals surface area (Å²) in [5.74, 6) is -0.00875. The van der Waals surface area contributed by atoms with Crippen LogP contribution in [0.1, 0.15) is 16.8 Å². The summed E-state index contributed by atoms with van der Waals surface area (Å²) in [6.07, 6.45) is 2.76. The third kappa shape index (κ3) is 1.67. The van der Waals surface area contributed by atoms with Crippen LogP contribution in [0.5, 0.6) is 0 Å². The average molecular weight is 247 g/mol. The van der Waals surface area contributed by atoms with Crippen LogP contribution < -0.4 is 0 Å². The van der Waals surface area contributed by atoms with E-state index in [9.17, 15) is 4.79 Å². The lowest BCUT2D eigenvalue weighted by Gasteiger charge is -2.31. The maximum atomic E-state index is 12.3. The maximum Gasteiger partial charge on any atom is 0.257 e. The number of fused-ring (bicyclic) bond motifs is 1. The Morgan fingerprint density at radius 2 is 2.12 bits per heavy atom. The standard InChI is InChI=1S/C13H11ClN2O/c14-10-5-4-9-3-1-6-15-12(9)11(10)13(17)16-7-2-8-16/h1,3-6H,2,7-8H2. The van der Waals surface area contributed by atoms with Gasteiger partial charge in [-0.05, 0) is 18.6 Å². The van der Waals surface area contributed by atoms with E-state index in [2.05, 4.69) is 4.98 Å². The summed E-state index contributed by atoms with van der Waals surface area (Å²) in [6.45, 7) is 1.64. The highest BCUT2D eigenvalue weighted by atomic mass is 35.5. The van der Waals surface area contributed by atoms with Crippen molar-refractivity contribution in [3.05, 3.63) is 41.0 Å². The predicted octanol–water partition coefficient (Wildman–Crippen LogP) is 2.73. The lowest BCUT2D eigenvalue weighted by atomic mass is 10.1. The summed E-state index contributed by atoms with van der Waals surface area (Å²) >= 11 is 6.14. The third-order valence-electron chi connectivity index (χ3n) is 3.08. The number of likely N-dealkylation sites (tertiary alicyclic amines) is 1. The van der Waals surface area contributed by atoms with Crippen molar-refractivity contribution in [3.8, 4) is 0 Å². The van der Waals surface area contributed by atoms with E-state index in [1.807, 2.05) is 18.2 Å². The van der Waals surface area contributed by atoms with Gasteiger partial charge in [0.05, 0.1) is 16.1 Å². The Balaban J connectivity index is 2.19. The van der Waals surface area contributed by atoms with Gasteiger partial charge in [0.1, 0.15) is 0 Å². The molecule has 0 N–H and O–H groups in total.